The Morgan fingerprint density at radius 2 is 1.11 bits per heavy atom. The van der Waals surface area contributed by atoms with Crippen LogP contribution in [0.15, 0.2) is 64.4 Å². The minimum absolute atomic E-state index is 0.0272. The quantitative estimate of drug-likeness (QED) is 0.485. The van der Waals surface area contributed by atoms with Gasteiger partial charge in [-0.25, -0.2) is 16.8 Å². The average molecular weight is 514 g/mol. The molecule has 0 saturated heterocycles. The van der Waals surface area contributed by atoms with Crippen LogP contribution in [-0.2, 0) is 25.5 Å². The van der Waals surface area contributed by atoms with Gasteiger partial charge in [0.15, 0.2) is 0 Å². The number of benzene rings is 2. The van der Waals surface area contributed by atoms with Crippen molar-refractivity contribution in [1.82, 2.24) is 3.71 Å². The first-order chi connectivity index (χ1) is 16.8. The summed E-state index contributed by atoms with van der Waals surface area (Å²) in [6.45, 7) is 0. The van der Waals surface area contributed by atoms with E-state index in [1.54, 1.807) is 30.3 Å². The highest BCUT2D eigenvalue weighted by Crippen LogP contribution is 2.60. The molecule has 5 aliphatic carbocycles. The molecule has 2 aromatic carbocycles. The zero-order valence-electron chi connectivity index (χ0n) is 20.2. The monoisotopic (exact) mass is 513 g/mol. The minimum Gasteiger partial charge on any atom is -0.206 e. The van der Waals surface area contributed by atoms with E-state index in [0.29, 0.717) is 12.8 Å². The van der Waals surface area contributed by atoms with E-state index in [-0.39, 0.29) is 15.2 Å². The molecule has 0 atom stereocenters. The van der Waals surface area contributed by atoms with E-state index in [2.05, 4.69) is 0 Å². The lowest BCUT2D eigenvalue weighted by Gasteiger charge is -2.57. The molecular formula is C28H35NO4S2. The zero-order chi connectivity index (χ0) is 24.3. The number of rotatable bonds is 6. The van der Waals surface area contributed by atoms with Crippen molar-refractivity contribution in [2.75, 3.05) is 0 Å². The van der Waals surface area contributed by atoms with Gasteiger partial charge in [0, 0.05) is 6.04 Å². The second-order valence-electron chi connectivity index (χ2n) is 11.6. The largest absolute Gasteiger partial charge is 0.256 e. The summed E-state index contributed by atoms with van der Waals surface area (Å²) in [6.07, 6.45) is 11.5. The topological polar surface area (TPSA) is 71.5 Å². The first kappa shape index (κ1) is 23.7. The number of sulfonamides is 2. The van der Waals surface area contributed by atoms with Crippen molar-refractivity contribution >= 4 is 20.0 Å². The van der Waals surface area contributed by atoms with Gasteiger partial charge in [-0.05, 0) is 104 Å². The van der Waals surface area contributed by atoms with Crippen LogP contribution in [0.5, 0.6) is 0 Å². The van der Waals surface area contributed by atoms with E-state index in [1.807, 2.05) is 12.1 Å². The van der Waals surface area contributed by atoms with Crippen LogP contribution < -0.4 is 0 Å². The predicted octanol–water partition coefficient (Wildman–Crippen LogP) is 5.87. The summed E-state index contributed by atoms with van der Waals surface area (Å²) in [6, 6.07) is 14.7. The van der Waals surface area contributed by atoms with Crippen molar-refractivity contribution in [1.29, 1.82) is 0 Å². The molecule has 7 heteroatoms. The van der Waals surface area contributed by atoms with Gasteiger partial charge in [0.25, 0.3) is 20.0 Å². The maximum absolute atomic E-state index is 14.0. The summed E-state index contributed by atoms with van der Waals surface area (Å²) in [4.78, 5) is 0.107. The summed E-state index contributed by atoms with van der Waals surface area (Å²) in [5.74, 6) is 2.42. The molecule has 0 aromatic heterocycles. The second-order valence-corrected chi connectivity index (χ2v) is 15.4. The highest BCUT2D eigenvalue weighted by Gasteiger charge is 2.51. The van der Waals surface area contributed by atoms with Crippen LogP contribution in [0.4, 0.5) is 0 Å². The molecule has 5 nitrogen and oxygen atoms in total. The molecule has 0 aliphatic heterocycles. The van der Waals surface area contributed by atoms with Gasteiger partial charge in [-0.2, -0.15) is 0 Å². The van der Waals surface area contributed by atoms with Gasteiger partial charge < -0.3 is 0 Å². The van der Waals surface area contributed by atoms with Gasteiger partial charge >= 0.3 is 0 Å². The summed E-state index contributed by atoms with van der Waals surface area (Å²) in [5.41, 5.74) is 1.42. The van der Waals surface area contributed by atoms with Crippen LogP contribution in [0.2, 0.25) is 0 Å². The summed E-state index contributed by atoms with van der Waals surface area (Å²) in [7, 11) is -8.44. The molecule has 35 heavy (non-hydrogen) atoms. The number of hydrogen-bond acceptors (Lipinski definition) is 4. The van der Waals surface area contributed by atoms with Crippen molar-refractivity contribution in [2.45, 2.75) is 91.9 Å². The molecular weight excluding hydrogens is 478 g/mol. The molecule has 188 valence electrons. The Balaban J connectivity index is 1.36. The molecule has 0 radical (unpaired) electrons. The first-order valence-electron chi connectivity index (χ1n) is 13.2. The Bertz CT molecular complexity index is 1240. The molecule has 0 amide bonds. The molecule has 0 N–H and O–H groups in total. The fourth-order valence-corrected chi connectivity index (χ4v) is 12.2. The highest BCUT2D eigenvalue weighted by molar-refractivity contribution is 8.04. The first-order valence-corrected chi connectivity index (χ1v) is 16.1. The lowest BCUT2D eigenvalue weighted by molar-refractivity contribution is -0.00521. The van der Waals surface area contributed by atoms with Crippen LogP contribution in [0.3, 0.4) is 0 Å². The third kappa shape index (κ3) is 4.08. The predicted molar refractivity (Wildman–Crippen MR) is 136 cm³/mol. The van der Waals surface area contributed by atoms with Crippen molar-refractivity contribution < 1.29 is 16.8 Å². The summed E-state index contributed by atoms with van der Waals surface area (Å²) < 4.78 is 56.1. The molecule has 0 spiro atoms. The van der Waals surface area contributed by atoms with Gasteiger partial charge in [0.2, 0.25) is 0 Å². The second kappa shape index (κ2) is 8.70. The molecule has 0 unspecified atom stereocenters. The SMILES string of the molecule is O=S(=O)(c1ccccc1)N(C1CCCCC1)S(=O)(=O)c1ccc(C23CC4CC(CC(C4)C2)C3)cc1. The fraction of sp³-hybridized carbons (Fsp3) is 0.571. The maximum Gasteiger partial charge on any atom is 0.256 e. The van der Waals surface area contributed by atoms with Gasteiger partial charge in [0.1, 0.15) is 0 Å². The van der Waals surface area contributed by atoms with E-state index in [0.717, 1.165) is 40.7 Å². The average Bonchev–Trinajstić information content (AvgIpc) is 2.84. The van der Waals surface area contributed by atoms with Crippen LogP contribution >= 0.6 is 0 Å². The molecule has 7 rings (SSSR count). The van der Waals surface area contributed by atoms with Crippen LogP contribution in [-0.4, -0.2) is 26.6 Å². The molecule has 5 saturated carbocycles. The number of nitrogens with zero attached hydrogens (tertiary/aromatic N) is 1. The van der Waals surface area contributed by atoms with Crippen molar-refractivity contribution in [3.05, 3.63) is 60.2 Å². The number of hydrogen-bond donors (Lipinski definition) is 0. The third-order valence-electron chi connectivity index (χ3n) is 9.19. The smallest absolute Gasteiger partial charge is 0.206 e. The lowest BCUT2D eigenvalue weighted by atomic mass is 9.48. The van der Waals surface area contributed by atoms with E-state index in [1.165, 1.54) is 56.2 Å². The van der Waals surface area contributed by atoms with E-state index >= 15 is 0 Å². The lowest BCUT2D eigenvalue weighted by Crippen LogP contribution is -2.48. The molecule has 4 bridgehead atoms. The molecule has 5 aliphatic rings. The van der Waals surface area contributed by atoms with E-state index in [9.17, 15) is 16.8 Å². The van der Waals surface area contributed by atoms with Crippen molar-refractivity contribution in [3.63, 3.8) is 0 Å². The zero-order valence-corrected chi connectivity index (χ0v) is 21.8. The Kier molecular flexibility index (Phi) is 5.89. The molecule has 2 aromatic rings. The van der Waals surface area contributed by atoms with Crippen LogP contribution in [0, 0.1) is 17.8 Å². The van der Waals surface area contributed by atoms with Gasteiger partial charge in [-0.3, -0.25) is 0 Å². The molecule has 5 fully saturated rings. The van der Waals surface area contributed by atoms with Gasteiger partial charge in [-0.1, -0.05) is 53.3 Å². The Morgan fingerprint density at radius 1 is 0.629 bits per heavy atom. The van der Waals surface area contributed by atoms with E-state index < -0.39 is 26.1 Å². The standard InChI is InChI=1S/C28H35NO4S2/c30-34(31,26-9-5-2-6-10-26)29(25-7-3-1-4-8-25)35(32,33)27-13-11-24(12-14-27)28-18-21-15-22(19-28)17-23(16-21)20-28/h2,5-6,9-14,21-23,25H,1,3-4,7-8,15-20H2. The van der Waals surface area contributed by atoms with Crippen LogP contribution in [0.25, 0.3) is 0 Å². The summed E-state index contributed by atoms with van der Waals surface area (Å²) in [5, 5.41) is 0. The molecule has 0 heterocycles. The van der Waals surface area contributed by atoms with Gasteiger partial charge in [0.05, 0.1) is 9.79 Å². The van der Waals surface area contributed by atoms with Gasteiger partial charge in [-0.15, -0.1) is 0 Å². The minimum atomic E-state index is -4.23. The Hall–Kier alpha value is -1.70. The van der Waals surface area contributed by atoms with E-state index in [4.69, 9.17) is 0 Å². The Labute approximate surface area is 210 Å². The van der Waals surface area contributed by atoms with Crippen LogP contribution in [0.1, 0.15) is 76.2 Å². The fourth-order valence-electron chi connectivity index (χ4n) is 8.06. The third-order valence-corrected chi connectivity index (χ3v) is 13.6. The Morgan fingerprint density at radius 3 is 1.63 bits per heavy atom. The highest BCUT2D eigenvalue weighted by atomic mass is 32.3. The maximum atomic E-state index is 14.0. The van der Waals surface area contributed by atoms with Crippen molar-refractivity contribution in [2.24, 2.45) is 17.8 Å². The normalized spacial score (nSPS) is 31.2. The van der Waals surface area contributed by atoms with Crippen molar-refractivity contribution in [3.8, 4) is 0 Å². The summed E-state index contributed by atoms with van der Waals surface area (Å²) >= 11 is 0.